The van der Waals surface area contributed by atoms with Crippen molar-refractivity contribution in [2.24, 2.45) is 11.3 Å². The van der Waals surface area contributed by atoms with Crippen molar-refractivity contribution in [3.05, 3.63) is 59.7 Å². The topological polar surface area (TPSA) is 95.9 Å². The molecule has 2 amide bonds. The monoisotopic (exact) mass is 476 g/mol. The fraction of sp³-hybridized carbons (Fsp3) is 0.464. The number of hydrogen-bond donors (Lipinski definition) is 2. The van der Waals surface area contributed by atoms with E-state index in [1.165, 1.54) is 11.1 Å². The van der Waals surface area contributed by atoms with Crippen molar-refractivity contribution < 1.29 is 24.2 Å². The van der Waals surface area contributed by atoms with E-state index in [4.69, 9.17) is 4.74 Å². The van der Waals surface area contributed by atoms with Gasteiger partial charge in [-0.25, -0.2) is 4.79 Å². The standard InChI is InChI=1S/C28H32N2O5/c1-2-19(14-25(31)30-15-18-8-7-13-28(18,17-30)26(32)33)29-27(34)35-16-24-22-11-5-3-9-20(22)21-10-4-6-12-23(21)24/h3-6,9-12,18-19,24H,2,7-8,13-17H2,1H3,(H,29,34)(H,32,33)/t18?,19-,28?/m0/s1. The molecule has 2 fully saturated rings. The molecule has 0 radical (unpaired) electrons. The fourth-order valence-electron chi connectivity index (χ4n) is 6.27. The van der Waals surface area contributed by atoms with E-state index in [9.17, 15) is 19.5 Å². The second-order valence-electron chi connectivity index (χ2n) is 10.1. The van der Waals surface area contributed by atoms with Crippen LogP contribution in [0.15, 0.2) is 48.5 Å². The molecule has 2 aromatic rings. The van der Waals surface area contributed by atoms with Crippen LogP contribution in [0.25, 0.3) is 11.1 Å². The Kier molecular flexibility index (Phi) is 6.26. The van der Waals surface area contributed by atoms with Crippen LogP contribution in [0, 0.1) is 11.3 Å². The number of likely N-dealkylation sites (tertiary alicyclic amines) is 1. The first-order valence-corrected chi connectivity index (χ1v) is 12.6. The van der Waals surface area contributed by atoms with Gasteiger partial charge in [-0.3, -0.25) is 9.59 Å². The van der Waals surface area contributed by atoms with Crippen LogP contribution in [0.3, 0.4) is 0 Å². The zero-order chi connectivity index (χ0) is 24.6. The lowest BCUT2D eigenvalue weighted by Crippen LogP contribution is -2.41. The third-order valence-electron chi connectivity index (χ3n) is 8.23. The Balaban J connectivity index is 1.17. The SMILES string of the molecule is CC[C@@H](CC(=O)N1CC2CCCC2(C(=O)O)C1)NC(=O)OCC1c2ccccc2-c2ccccc21. The van der Waals surface area contributed by atoms with E-state index in [-0.39, 0.29) is 43.4 Å². The van der Waals surface area contributed by atoms with E-state index in [0.717, 1.165) is 24.0 Å². The number of fused-ring (bicyclic) bond motifs is 4. The first-order valence-electron chi connectivity index (χ1n) is 12.6. The molecule has 7 heteroatoms. The van der Waals surface area contributed by atoms with Gasteiger partial charge in [0.1, 0.15) is 6.61 Å². The predicted molar refractivity (Wildman–Crippen MR) is 131 cm³/mol. The van der Waals surface area contributed by atoms with Crippen LogP contribution < -0.4 is 5.32 Å². The van der Waals surface area contributed by atoms with Crippen LogP contribution >= 0.6 is 0 Å². The normalized spacial score (nSPS) is 23.3. The molecule has 2 aliphatic carbocycles. The first-order chi connectivity index (χ1) is 16.9. The molecule has 35 heavy (non-hydrogen) atoms. The summed E-state index contributed by atoms with van der Waals surface area (Å²) in [7, 11) is 0. The van der Waals surface area contributed by atoms with Crippen LogP contribution in [-0.4, -0.2) is 53.7 Å². The Labute approximate surface area is 205 Å². The van der Waals surface area contributed by atoms with Gasteiger partial charge in [-0.2, -0.15) is 0 Å². The molecule has 1 saturated carbocycles. The molecule has 5 rings (SSSR count). The summed E-state index contributed by atoms with van der Waals surface area (Å²) >= 11 is 0. The van der Waals surface area contributed by atoms with Crippen molar-refractivity contribution in [3.63, 3.8) is 0 Å². The summed E-state index contributed by atoms with van der Waals surface area (Å²) in [6.07, 6.45) is 2.57. The third-order valence-corrected chi connectivity index (χ3v) is 8.23. The predicted octanol–water partition coefficient (Wildman–Crippen LogP) is 4.41. The van der Waals surface area contributed by atoms with Crippen LogP contribution in [-0.2, 0) is 14.3 Å². The Morgan fingerprint density at radius 1 is 1.11 bits per heavy atom. The number of carbonyl (C=O) groups excluding carboxylic acids is 2. The third kappa shape index (κ3) is 4.17. The van der Waals surface area contributed by atoms with Crippen molar-refractivity contribution in [2.45, 2.75) is 51.0 Å². The van der Waals surface area contributed by atoms with Gasteiger partial charge in [0, 0.05) is 31.5 Å². The number of aliphatic carboxylic acids is 1. The molecule has 1 heterocycles. The fourth-order valence-corrected chi connectivity index (χ4v) is 6.27. The minimum atomic E-state index is -0.794. The highest BCUT2D eigenvalue weighted by atomic mass is 16.5. The van der Waals surface area contributed by atoms with Crippen LogP contribution in [0.1, 0.15) is 56.1 Å². The van der Waals surface area contributed by atoms with Gasteiger partial charge in [-0.05, 0) is 47.4 Å². The smallest absolute Gasteiger partial charge is 0.407 e. The number of nitrogens with one attached hydrogen (secondary N) is 1. The second-order valence-corrected chi connectivity index (χ2v) is 10.1. The summed E-state index contributed by atoms with van der Waals surface area (Å²) < 4.78 is 5.63. The average molecular weight is 477 g/mol. The molecule has 2 N–H and O–H groups in total. The van der Waals surface area contributed by atoms with Crippen molar-refractivity contribution in [1.29, 1.82) is 0 Å². The van der Waals surface area contributed by atoms with Crippen molar-refractivity contribution in [1.82, 2.24) is 10.2 Å². The molecule has 184 valence electrons. The summed E-state index contributed by atoms with van der Waals surface area (Å²) in [5.41, 5.74) is 3.84. The molecule has 1 saturated heterocycles. The second kappa shape index (κ2) is 9.36. The lowest BCUT2D eigenvalue weighted by molar-refractivity contribution is -0.149. The van der Waals surface area contributed by atoms with Crippen LogP contribution in [0.5, 0.6) is 0 Å². The van der Waals surface area contributed by atoms with Gasteiger partial charge in [-0.15, -0.1) is 0 Å². The van der Waals surface area contributed by atoms with E-state index in [1.54, 1.807) is 4.90 Å². The molecule has 0 bridgehead atoms. The summed E-state index contributed by atoms with van der Waals surface area (Å²) in [6.45, 7) is 2.90. The van der Waals surface area contributed by atoms with Crippen molar-refractivity contribution in [2.75, 3.05) is 19.7 Å². The highest BCUT2D eigenvalue weighted by molar-refractivity contribution is 5.82. The van der Waals surface area contributed by atoms with Crippen LogP contribution in [0.4, 0.5) is 4.79 Å². The Hall–Kier alpha value is -3.35. The quantitative estimate of drug-likeness (QED) is 0.617. The lowest BCUT2D eigenvalue weighted by atomic mass is 9.81. The number of carbonyl (C=O) groups is 3. The number of alkyl carbamates (subject to hydrolysis) is 1. The lowest BCUT2D eigenvalue weighted by Gasteiger charge is -2.24. The molecule has 3 atom stereocenters. The number of rotatable bonds is 7. The number of carboxylic acid groups (broad SMARTS) is 1. The molecule has 3 aliphatic rings. The average Bonchev–Trinajstić information content (AvgIpc) is 3.52. The minimum Gasteiger partial charge on any atom is -0.481 e. The Morgan fingerprint density at radius 3 is 2.37 bits per heavy atom. The summed E-state index contributed by atoms with van der Waals surface area (Å²) in [5.74, 6) is -0.893. The zero-order valence-corrected chi connectivity index (χ0v) is 20.0. The van der Waals surface area contributed by atoms with E-state index in [1.807, 2.05) is 31.2 Å². The first kappa shape index (κ1) is 23.4. The molecule has 2 unspecified atom stereocenters. The number of nitrogens with zero attached hydrogens (tertiary/aromatic N) is 1. The minimum absolute atomic E-state index is 0.0222. The van der Waals surface area contributed by atoms with Crippen LogP contribution in [0.2, 0.25) is 0 Å². The highest BCUT2D eigenvalue weighted by Crippen LogP contribution is 2.49. The molecule has 0 aromatic heterocycles. The van der Waals surface area contributed by atoms with E-state index >= 15 is 0 Å². The van der Waals surface area contributed by atoms with Gasteiger partial charge in [0.15, 0.2) is 0 Å². The summed E-state index contributed by atoms with van der Waals surface area (Å²) in [6, 6.07) is 16.0. The molecule has 0 spiro atoms. The number of ether oxygens (including phenoxy) is 1. The van der Waals surface area contributed by atoms with Gasteiger partial charge in [0.25, 0.3) is 0 Å². The molecule has 1 aliphatic heterocycles. The Bertz CT molecular complexity index is 1100. The van der Waals surface area contributed by atoms with E-state index < -0.39 is 17.5 Å². The summed E-state index contributed by atoms with van der Waals surface area (Å²) in [4.78, 5) is 39.2. The van der Waals surface area contributed by atoms with Gasteiger partial charge in [0.05, 0.1) is 5.41 Å². The van der Waals surface area contributed by atoms with E-state index in [2.05, 4.69) is 29.6 Å². The number of benzene rings is 2. The number of amides is 2. The van der Waals surface area contributed by atoms with Gasteiger partial charge in [-0.1, -0.05) is 61.9 Å². The molecular formula is C28H32N2O5. The number of hydrogen-bond acceptors (Lipinski definition) is 4. The van der Waals surface area contributed by atoms with Gasteiger partial charge >= 0.3 is 12.1 Å². The Morgan fingerprint density at radius 2 is 1.77 bits per heavy atom. The van der Waals surface area contributed by atoms with E-state index in [0.29, 0.717) is 19.4 Å². The molecule has 2 aromatic carbocycles. The maximum Gasteiger partial charge on any atom is 0.407 e. The largest absolute Gasteiger partial charge is 0.481 e. The highest BCUT2D eigenvalue weighted by Gasteiger charge is 2.55. The summed E-state index contributed by atoms with van der Waals surface area (Å²) in [5, 5.41) is 12.6. The zero-order valence-electron chi connectivity index (χ0n) is 20.0. The molecule has 7 nitrogen and oxygen atoms in total. The van der Waals surface area contributed by atoms with Crippen molar-refractivity contribution in [3.8, 4) is 11.1 Å². The van der Waals surface area contributed by atoms with Gasteiger partial charge in [0.2, 0.25) is 5.91 Å². The maximum atomic E-state index is 13.0. The van der Waals surface area contributed by atoms with Crippen molar-refractivity contribution >= 4 is 18.0 Å². The van der Waals surface area contributed by atoms with Gasteiger partial charge < -0.3 is 20.1 Å². The molecular weight excluding hydrogens is 444 g/mol. The maximum absolute atomic E-state index is 13.0. The number of carboxylic acids is 1.